The van der Waals surface area contributed by atoms with E-state index in [2.05, 4.69) is 77.4 Å². The molecule has 0 amide bonds. The summed E-state index contributed by atoms with van der Waals surface area (Å²) in [5.74, 6) is 0. The fourth-order valence-corrected chi connectivity index (χ4v) is 3.23. The Labute approximate surface area is 145 Å². The molecule has 120 valence electrons. The van der Waals surface area contributed by atoms with E-state index in [1.165, 1.54) is 22.3 Å². The second-order valence-corrected chi connectivity index (χ2v) is 6.02. The maximum atomic E-state index is 5.36. The molecule has 0 saturated heterocycles. The molecule has 24 heavy (non-hydrogen) atoms. The van der Waals surface area contributed by atoms with Gasteiger partial charge in [-0.2, -0.15) is 0 Å². The third-order valence-corrected chi connectivity index (χ3v) is 4.35. The molecule has 0 radical (unpaired) electrons. The Morgan fingerprint density at radius 3 is 2.12 bits per heavy atom. The number of halogens is 1. The lowest BCUT2D eigenvalue weighted by Gasteiger charge is -2.30. The zero-order valence-corrected chi connectivity index (χ0v) is 13.7. The highest BCUT2D eigenvalue weighted by Crippen LogP contribution is 2.35. The van der Waals surface area contributed by atoms with Crippen LogP contribution >= 0.6 is 12.2 Å². The molecule has 0 saturated carbocycles. The summed E-state index contributed by atoms with van der Waals surface area (Å²) in [4.78, 5) is 0. The van der Waals surface area contributed by atoms with E-state index in [4.69, 9.17) is 12.2 Å². The summed E-state index contributed by atoms with van der Waals surface area (Å²) in [5.41, 5.74) is 5.92. The smallest absolute Gasteiger partial charge is 0.171 e. The summed E-state index contributed by atoms with van der Waals surface area (Å²) < 4.78 is 0. The predicted molar refractivity (Wildman–Crippen MR) is 102 cm³/mol. The van der Waals surface area contributed by atoms with E-state index in [1.807, 2.05) is 12.1 Å². The number of nitrogens with one attached hydrogen (secondary N) is 2. The summed E-state index contributed by atoms with van der Waals surface area (Å²) in [5, 5.41) is 7.31. The molecule has 0 aromatic heterocycles. The van der Waals surface area contributed by atoms with Crippen molar-refractivity contribution in [2.24, 2.45) is 0 Å². The van der Waals surface area contributed by atoms with Gasteiger partial charge in [-0.15, -0.1) is 0 Å². The van der Waals surface area contributed by atoms with Crippen LogP contribution in [-0.2, 0) is 0 Å². The van der Waals surface area contributed by atoms with Crippen molar-refractivity contribution in [2.45, 2.75) is 6.04 Å². The van der Waals surface area contributed by atoms with Gasteiger partial charge in [0.15, 0.2) is 5.11 Å². The number of anilines is 1. The molecule has 0 fully saturated rings. The first kappa shape index (κ1) is 16.1. The molecule has 1 atom stereocenters. The van der Waals surface area contributed by atoms with Gasteiger partial charge in [0.05, 0.1) is 6.04 Å². The largest absolute Gasteiger partial charge is 0.351 e. The van der Waals surface area contributed by atoms with Gasteiger partial charge in [-0.3, -0.25) is 4.70 Å². The van der Waals surface area contributed by atoms with E-state index in [1.54, 1.807) is 0 Å². The molecule has 1 unspecified atom stereocenters. The van der Waals surface area contributed by atoms with E-state index < -0.39 is 0 Å². The van der Waals surface area contributed by atoms with Crippen molar-refractivity contribution in [3.63, 3.8) is 0 Å². The standard InChI is InChI=1S/C20H16N2S.FH/c23-20-21-18-12-11-16(14-7-3-1-4-8-14)13-17(18)19(22-20)15-9-5-2-6-10-15;/h1-13,19H,(H2,21,22,23);1H. The van der Waals surface area contributed by atoms with E-state index in [0.29, 0.717) is 5.11 Å². The Balaban J connectivity index is 0.00000169. The van der Waals surface area contributed by atoms with Crippen molar-refractivity contribution < 1.29 is 4.70 Å². The minimum Gasteiger partial charge on any atom is -0.351 e. The van der Waals surface area contributed by atoms with Crippen molar-refractivity contribution >= 4 is 23.0 Å². The van der Waals surface area contributed by atoms with Crippen LogP contribution in [0.25, 0.3) is 11.1 Å². The van der Waals surface area contributed by atoms with Gasteiger partial charge in [0.2, 0.25) is 0 Å². The van der Waals surface area contributed by atoms with Crippen LogP contribution in [-0.4, -0.2) is 5.11 Å². The van der Waals surface area contributed by atoms with E-state index in [0.717, 1.165) is 5.69 Å². The summed E-state index contributed by atoms with van der Waals surface area (Å²) in [7, 11) is 0. The maximum absolute atomic E-state index is 5.36. The maximum Gasteiger partial charge on any atom is 0.171 e. The normalized spacial score (nSPS) is 15.5. The summed E-state index contributed by atoms with van der Waals surface area (Å²) in [6, 6.07) is 27.4. The minimum absolute atomic E-state index is 0. The third-order valence-electron chi connectivity index (χ3n) is 4.13. The van der Waals surface area contributed by atoms with Crippen LogP contribution < -0.4 is 10.6 Å². The highest BCUT2D eigenvalue weighted by atomic mass is 32.1. The Morgan fingerprint density at radius 2 is 1.42 bits per heavy atom. The van der Waals surface area contributed by atoms with Crippen molar-refractivity contribution in [3.8, 4) is 11.1 Å². The Bertz CT molecular complexity index is 850. The Hall–Kier alpha value is -2.72. The van der Waals surface area contributed by atoms with E-state index in [9.17, 15) is 0 Å². The Kier molecular flexibility index (Phi) is 4.58. The van der Waals surface area contributed by atoms with Crippen LogP contribution in [0.1, 0.15) is 17.2 Å². The van der Waals surface area contributed by atoms with E-state index >= 15 is 0 Å². The second kappa shape index (κ2) is 6.81. The molecule has 3 aromatic rings. The van der Waals surface area contributed by atoms with Crippen molar-refractivity contribution in [1.82, 2.24) is 5.32 Å². The average molecular weight is 336 g/mol. The molecular weight excluding hydrogens is 319 g/mol. The van der Waals surface area contributed by atoms with Gasteiger partial charge in [0.1, 0.15) is 0 Å². The molecule has 2 nitrogen and oxygen atoms in total. The molecule has 0 spiro atoms. The first-order valence-electron chi connectivity index (χ1n) is 7.63. The fraction of sp³-hybridized carbons (Fsp3) is 0.0500. The molecule has 0 aliphatic carbocycles. The number of benzene rings is 3. The molecule has 1 aliphatic heterocycles. The zero-order valence-electron chi connectivity index (χ0n) is 12.9. The number of fused-ring (bicyclic) bond motifs is 1. The molecule has 0 bridgehead atoms. The van der Waals surface area contributed by atoms with Crippen LogP contribution in [0.2, 0.25) is 0 Å². The quantitative estimate of drug-likeness (QED) is 0.651. The van der Waals surface area contributed by atoms with Gasteiger partial charge in [0.25, 0.3) is 0 Å². The number of rotatable bonds is 2. The predicted octanol–water partition coefficient (Wildman–Crippen LogP) is 4.90. The topological polar surface area (TPSA) is 24.1 Å². The van der Waals surface area contributed by atoms with Gasteiger partial charge in [-0.05, 0) is 41.0 Å². The van der Waals surface area contributed by atoms with Gasteiger partial charge in [-0.1, -0.05) is 66.7 Å². The minimum atomic E-state index is 0. The summed E-state index contributed by atoms with van der Waals surface area (Å²) >= 11 is 5.36. The molecule has 3 aromatic carbocycles. The van der Waals surface area contributed by atoms with Crippen LogP contribution in [0.5, 0.6) is 0 Å². The number of thiocarbonyl (C=S) groups is 1. The van der Waals surface area contributed by atoms with Crippen molar-refractivity contribution in [2.75, 3.05) is 5.32 Å². The van der Waals surface area contributed by atoms with Crippen LogP contribution in [0.15, 0.2) is 78.9 Å². The number of hydrogen-bond acceptors (Lipinski definition) is 1. The lowest BCUT2D eigenvalue weighted by Crippen LogP contribution is -2.38. The van der Waals surface area contributed by atoms with Gasteiger partial charge >= 0.3 is 0 Å². The molecule has 4 heteroatoms. The average Bonchev–Trinajstić information content (AvgIpc) is 2.62. The van der Waals surface area contributed by atoms with Gasteiger partial charge < -0.3 is 10.6 Å². The first-order valence-corrected chi connectivity index (χ1v) is 8.04. The second-order valence-electron chi connectivity index (χ2n) is 5.61. The van der Waals surface area contributed by atoms with Crippen LogP contribution in [0.4, 0.5) is 10.4 Å². The van der Waals surface area contributed by atoms with Crippen LogP contribution in [0, 0.1) is 0 Å². The SMILES string of the molecule is F.S=C1Nc2ccc(-c3ccccc3)cc2C(c2ccccc2)N1. The summed E-state index contributed by atoms with van der Waals surface area (Å²) in [6.07, 6.45) is 0. The Morgan fingerprint density at radius 1 is 0.750 bits per heavy atom. The molecule has 1 aliphatic rings. The van der Waals surface area contributed by atoms with Crippen molar-refractivity contribution in [3.05, 3.63) is 90.0 Å². The zero-order chi connectivity index (χ0) is 15.6. The molecule has 2 N–H and O–H groups in total. The third kappa shape index (κ3) is 3.01. The monoisotopic (exact) mass is 336 g/mol. The van der Waals surface area contributed by atoms with Crippen LogP contribution in [0.3, 0.4) is 0 Å². The van der Waals surface area contributed by atoms with E-state index in [-0.39, 0.29) is 10.7 Å². The van der Waals surface area contributed by atoms with Gasteiger partial charge in [0, 0.05) is 11.3 Å². The first-order chi connectivity index (χ1) is 11.3. The highest BCUT2D eigenvalue weighted by molar-refractivity contribution is 7.80. The molecule has 1 heterocycles. The lowest BCUT2D eigenvalue weighted by molar-refractivity contribution is 0.758. The fourth-order valence-electron chi connectivity index (χ4n) is 3.00. The van der Waals surface area contributed by atoms with Gasteiger partial charge in [-0.25, -0.2) is 0 Å². The highest BCUT2D eigenvalue weighted by Gasteiger charge is 2.23. The lowest BCUT2D eigenvalue weighted by atomic mass is 9.92. The molecule has 4 rings (SSSR count). The molecular formula is C20H17FN2S. The van der Waals surface area contributed by atoms with Crippen molar-refractivity contribution in [1.29, 1.82) is 0 Å². The summed E-state index contributed by atoms with van der Waals surface area (Å²) in [6.45, 7) is 0. The number of hydrogen-bond donors (Lipinski definition) is 2.